The molecule has 4 heteroatoms. The summed E-state index contributed by atoms with van der Waals surface area (Å²) < 4.78 is 5.41. The van der Waals surface area contributed by atoms with Crippen molar-refractivity contribution >= 4 is 11.3 Å². The van der Waals surface area contributed by atoms with Crippen LogP contribution in [0.3, 0.4) is 0 Å². The summed E-state index contributed by atoms with van der Waals surface area (Å²) in [6.45, 7) is 4.85. The molecule has 1 fully saturated rings. The smallest absolute Gasteiger partial charge is 0.0621 e. The summed E-state index contributed by atoms with van der Waals surface area (Å²) in [6, 6.07) is 5.10. The average molecular weight is 254 g/mol. The van der Waals surface area contributed by atoms with Crippen LogP contribution < -0.4 is 5.73 Å². The van der Waals surface area contributed by atoms with Gasteiger partial charge in [0.1, 0.15) is 0 Å². The molecule has 2 heterocycles. The highest BCUT2D eigenvalue weighted by atomic mass is 32.1. The van der Waals surface area contributed by atoms with Crippen LogP contribution in [0.2, 0.25) is 0 Å². The van der Waals surface area contributed by atoms with E-state index in [0.717, 1.165) is 26.2 Å². The second kappa shape index (κ2) is 5.96. The molecule has 96 valence electrons. The molecule has 0 radical (unpaired) electrons. The van der Waals surface area contributed by atoms with Crippen molar-refractivity contribution in [3.8, 4) is 0 Å². The van der Waals surface area contributed by atoms with Crippen molar-refractivity contribution in [3.05, 3.63) is 22.4 Å². The van der Waals surface area contributed by atoms with Crippen LogP contribution in [0.25, 0.3) is 0 Å². The fraction of sp³-hybridized carbons (Fsp3) is 0.692. The molecule has 2 rings (SSSR count). The summed E-state index contributed by atoms with van der Waals surface area (Å²) in [4.78, 5) is 3.86. The van der Waals surface area contributed by atoms with E-state index in [-0.39, 0.29) is 6.04 Å². The first kappa shape index (κ1) is 13.0. The van der Waals surface area contributed by atoms with Crippen molar-refractivity contribution in [2.45, 2.75) is 25.4 Å². The third kappa shape index (κ3) is 3.52. The van der Waals surface area contributed by atoms with E-state index < -0.39 is 0 Å². The summed E-state index contributed by atoms with van der Waals surface area (Å²) in [5, 5.41) is 2.14. The number of nitrogens with zero attached hydrogens (tertiary/aromatic N) is 1. The molecule has 0 spiro atoms. The summed E-state index contributed by atoms with van der Waals surface area (Å²) in [6.07, 6.45) is 1.12. The Morgan fingerprint density at radius 3 is 3.00 bits per heavy atom. The topological polar surface area (TPSA) is 38.5 Å². The Kier molecular flexibility index (Phi) is 4.56. The van der Waals surface area contributed by atoms with Gasteiger partial charge in [-0.05, 0) is 31.8 Å². The lowest BCUT2D eigenvalue weighted by Gasteiger charge is -2.28. The van der Waals surface area contributed by atoms with Gasteiger partial charge in [0, 0.05) is 29.4 Å². The minimum atomic E-state index is 0.214. The van der Waals surface area contributed by atoms with E-state index in [9.17, 15) is 0 Å². The standard InChI is InChI=1S/C13H22N2OS/c1-10(6-12-4-3-5-17-12)15(2)7-11-8-16-9-13(11)14/h3-5,10-11,13H,6-9,14H2,1-2H3. The van der Waals surface area contributed by atoms with E-state index in [1.807, 2.05) is 11.3 Å². The van der Waals surface area contributed by atoms with Gasteiger partial charge in [-0.15, -0.1) is 11.3 Å². The fourth-order valence-electron chi connectivity index (χ4n) is 2.23. The number of ether oxygens (including phenoxy) is 1. The number of hydrogen-bond donors (Lipinski definition) is 1. The lowest BCUT2D eigenvalue weighted by molar-refractivity contribution is 0.163. The Morgan fingerprint density at radius 1 is 1.59 bits per heavy atom. The summed E-state index contributed by atoms with van der Waals surface area (Å²) >= 11 is 1.84. The van der Waals surface area contributed by atoms with Crippen LogP contribution in [0, 0.1) is 5.92 Å². The predicted molar refractivity (Wildman–Crippen MR) is 72.4 cm³/mol. The zero-order valence-corrected chi connectivity index (χ0v) is 11.5. The van der Waals surface area contributed by atoms with Crippen LogP contribution in [0.15, 0.2) is 17.5 Å². The van der Waals surface area contributed by atoms with Gasteiger partial charge in [-0.2, -0.15) is 0 Å². The van der Waals surface area contributed by atoms with Crippen molar-refractivity contribution in [3.63, 3.8) is 0 Å². The van der Waals surface area contributed by atoms with Crippen LogP contribution in [0.5, 0.6) is 0 Å². The summed E-state index contributed by atoms with van der Waals surface area (Å²) in [5.41, 5.74) is 6.01. The molecular weight excluding hydrogens is 232 g/mol. The Balaban J connectivity index is 1.80. The van der Waals surface area contributed by atoms with Gasteiger partial charge < -0.3 is 15.4 Å². The normalized spacial score (nSPS) is 26.6. The van der Waals surface area contributed by atoms with E-state index >= 15 is 0 Å². The van der Waals surface area contributed by atoms with Crippen molar-refractivity contribution < 1.29 is 4.74 Å². The van der Waals surface area contributed by atoms with Crippen molar-refractivity contribution in [2.24, 2.45) is 11.7 Å². The Bertz CT molecular complexity index is 328. The molecule has 2 N–H and O–H groups in total. The van der Waals surface area contributed by atoms with Crippen molar-refractivity contribution in [1.29, 1.82) is 0 Å². The van der Waals surface area contributed by atoms with E-state index in [0.29, 0.717) is 12.0 Å². The van der Waals surface area contributed by atoms with Gasteiger partial charge in [-0.25, -0.2) is 0 Å². The highest BCUT2D eigenvalue weighted by molar-refractivity contribution is 7.09. The molecule has 3 unspecified atom stereocenters. The molecule has 1 aliphatic rings. The van der Waals surface area contributed by atoms with Gasteiger partial charge in [0.05, 0.1) is 13.2 Å². The zero-order valence-electron chi connectivity index (χ0n) is 10.6. The number of likely N-dealkylation sites (N-methyl/N-ethyl adjacent to an activating group) is 1. The molecule has 1 aromatic heterocycles. The molecule has 1 aromatic rings. The van der Waals surface area contributed by atoms with Crippen LogP contribution in [-0.4, -0.2) is 43.8 Å². The fourth-order valence-corrected chi connectivity index (χ4v) is 3.06. The Labute approximate surface area is 108 Å². The SMILES string of the molecule is CC(Cc1cccs1)N(C)CC1COCC1N. The maximum atomic E-state index is 6.01. The lowest BCUT2D eigenvalue weighted by atomic mass is 10.0. The molecule has 1 aliphatic heterocycles. The Morgan fingerprint density at radius 2 is 2.41 bits per heavy atom. The molecule has 0 aliphatic carbocycles. The first-order chi connectivity index (χ1) is 8.16. The predicted octanol–water partition coefficient (Wildman–Crippen LogP) is 1.58. The zero-order chi connectivity index (χ0) is 12.3. The van der Waals surface area contributed by atoms with E-state index in [4.69, 9.17) is 10.5 Å². The number of hydrogen-bond acceptors (Lipinski definition) is 4. The minimum absolute atomic E-state index is 0.214. The average Bonchev–Trinajstić information content (AvgIpc) is 2.91. The highest BCUT2D eigenvalue weighted by Crippen LogP contribution is 2.17. The first-order valence-electron chi connectivity index (χ1n) is 6.22. The molecule has 0 amide bonds. The number of nitrogens with two attached hydrogens (primary N) is 1. The number of thiophene rings is 1. The second-order valence-electron chi connectivity index (χ2n) is 5.03. The molecule has 0 bridgehead atoms. The molecule has 3 atom stereocenters. The third-order valence-electron chi connectivity index (χ3n) is 3.60. The largest absolute Gasteiger partial charge is 0.379 e. The first-order valence-corrected chi connectivity index (χ1v) is 7.10. The summed E-state index contributed by atoms with van der Waals surface area (Å²) in [5.74, 6) is 0.491. The van der Waals surface area contributed by atoms with Crippen LogP contribution >= 0.6 is 11.3 Å². The molecule has 3 nitrogen and oxygen atoms in total. The molecule has 0 saturated carbocycles. The van der Waals surface area contributed by atoms with E-state index in [1.165, 1.54) is 4.88 Å². The maximum absolute atomic E-state index is 6.01. The minimum Gasteiger partial charge on any atom is -0.379 e. The summed E-state index contributed by atoms with van der Waals surface area (Å²) in [7, 11) is 2.18. The number of rotatable bonds is 5. The Hall–Kier alpha value is -0.420. The molecular formula is C13H22N2OS. The lowest BCUT2D eigenvalue weighted by Crippen LogP contribution is -2.41. The monoisotopic (exact) mass is 254 g/mol. The molecule has 17 heavy (non-hydrogen) atoms. The van der Waals surface area contributed by atoms with Gasteiger partial charge in [-0.1, -0.05) is 6.07 Å². The van der Waals surface area contributed by atoms with E-state index in [2.05, 4.69) is 36.4 Å². The van der Waals surface area contributed by atoms with Gasteiger partial charge >= 0.3 is 0 Å². The second-order valence-corrected chi connectivity index (χ2v) is 6.07. The quantitative estimate of drug-likeness (QED) is 0.867. The molecule has 0 aromatic carbocycles. The highest BCUT2D eigenvalue weighted by Gasteiger charge is 2.27. The van der Waals surface area contributed by atoms with Gasteiger partial charge in [0.15, 0.2) is 0 Å². The molecule has 1 saturated heterocycles. The van der Waals surface area contributed by atoms with Gasteiger partial charge in [-0.3, -0.25) is 0 Å². The third-order valence-corrected chi connectivity index (χ3v) is 4.50. The van der Waals surface area contributed by atoms with Crippen molar-refractivity contribution in [1.82, 2.24) is 4.90 Å². The van der Waals surface area contributed by atoms with E-state index in [1.54, 1.807) is 0 Å². The van der Waals surface area contributed by atoms with Gasteiger partial charge in [0.25, 0.3) is 0 Å². The van der Waals surface area contributed by atoms with Gasteiger partial charge in [0.2, 0.25) is 0 Å². The maximum Gasteiger partial charge on any atom is 0.0621 e. The van der Waals surface area contributed by atoms with Crippen LogP contribution in [-0.2, 0) is 11.2 Å². The van der Waals surface area contributed by atoms with Crippen LogP contribution in [0.4, 0.5) is 0 Å². The van der Waals surface area contributed by atoms with Crippen molar-refractivity contribution in [2.75, 3.05) is 26.8 Å². The van der Waals surface area contributed by atoms with Crippen LogP contribution in [0.1, 0.15) is 11.8 Å².